The molecule has 2 heterocycles. The molecular weight excluding hydrogens is 439 g/mol. The molecule has 0 radical (unpaired) electrons. The van der Waals surface area contributed by atoms with Crippen molar-refractivity contribution in [2.24, 2.45) is 0 Å². The Morgan fingerprint density at radius 1 is 0.943 bits per heavy atom. The van der Waals surface area contributed by atoms with Crippen LogP contribution in [0.3, 0.4) is 0 Å². The number of piperazine rings is 1. The molecule has 1 aliphatic heterocycles. The van der Waals surface area contributed by atoms with Crippen LogP contribution in [0.1, 0.15) is 34.6 Å². The van der Waals surface area contributed by atoms with Crippen molar-refractivity contribution < 1.29 is 9.18 Å². The molecule has 178 valence electrons. The Morgan fingerprint density at radius 3 is 2.43 bits per heavy atom. The highest BCUT2D eigenvalue weighted by atomic mass is 19.1. The van der Waals surface area contributed by atoms with Gasteiger partial charge in [-0.05, 0) is 47.9 Å². The average molecular weight is 469 g/mol. The Balaban J connectivity index is 1.31. The number of nitrogens with zero attached hydrogens (tertiary/aromatic N) is 4. The number of rotatable bonds is 7. The molecule has 1 saturated heterocycles. The molecule has 5 nitrogen and oxygen atoms in total. The summed E-state index contributed by atoms with van der Waals surface area (Å²) < 4.78 is 15.7. The normalized spacial score (nSPS) is 15.2. The Labute approximate surface area is 205 Å². The monoisotopic (exact) mass is 468 g/mol. The quantitative estimate of drug-likeness (QED) is 0.339. The molecule has 0 bridgehead atoms. The molecular formula is C29H29FN4O. The maximum atomic E-state index is 13.5. The van der Waals surface area contributed by atoms with Crippen molar-refractivity contribution in [3.8, 4) is 11.1 Å². The van der Waals surface area contributed by atoms with Gasteiger partial charge >= 0.3 is 0 Å². The zero-order valence-corrected chi connectivity index (χ0v) is 19.8. The number of para-hydroxylation sites is 1. The molecule has 3 aromatic carbocycles. The second-order valence-corrected chi connectivity index (χ2v) is 9.00. The fourth-order valence-corrected chi connectivity index (χ4v) is 4.96. The standard InChI is InChI=1S/C29H29FN4O/c1-22(27-7-3-4-8-28(27)23-10-12-25(30)13-11-23)34-21-31-18-26(34)19-32-14-16-33(17-15-32)29-9-5-2-6-24(29)20-35/h2-13,18,20-22H,14-17,19H2,1H3. The van der Waals surface area contributed by atoms with Crippen LogP contribution in [0.5, 0.6) is 0 Å². The summed E-state index contributed by atoms with van der Waals surface area (Å²) in [6, 6.07) is 22.8. The van der Waals surface area contributed by atoms with Crippen LogP contribution in [0.25, 0.3) is 11.1 Å². The molecule has 0 aliphatic carbocycles. The van der Waals surface area contributed by atoms with Gasteiger partial charge in [-0.3, -0.25) is 9.69 Å². The topological polar surface area (TPSA) is 41.4 Å². The molecule has 35 heavy (non-hydrogen) atoms. The summed E-state index contributed by atoms with van der Waals surface area (Å²) in [5.41, 5.74) is 6.19. The van der Waals surface area contributed by atoms with E-state index < -0.39 is 0 Å². The number of hydrogen-bond donors (Lipinski definition) is 0. The average Bonchev–Trinajstić information content (AvgIpc) is 3.37. The molecule has 1 fully saturated rings. The molecule has 1 aromatic heterocycles. The van der Waals surface area contributed by atoms with Gasteiger partial charge in [-0.25, -0.2) is 9.37 Å². The second-order valence-electron chi connectivity index (χ2n) is 9.00. The van der Waals surface area contributed by atoms with E-state index >= 15 is 0 Å². The number of anilines is 1. The summed E-state index contributed by atoms with van der Waals surface area (Å²) in [4.78, 5) is 20.6. The largest absolute Gasteiger partial charge is 0.368 e. The zero-order valence-electron chi connectivity index (χ0n) is 19.8. The van der Waals surface area contributed by atoms with Crippen molar-refractivity contribution in [1.82, 2.24) is 14.5 Å². The third-order valence-electron chi connectivity index (χ3n) is 6.89. The van der Waals surface area contributed by atoms with Gasteiger partial charge in [0.15, 0.2) is 6.29 Å². The van der Waals surface area contributed by atoms with E-state index in [-0.39, 0.29) is 11.9 Å². The molecule has 0 saturated carbocycles. The lowest BCUT2D eigenvalue weighted by Gasteiger charge is -2.36. The van der Waals surface area contributed by atoms with Gasteiger partial charge in [0, 0.05) is 50.2 Å². The van der Waals surface area contributed by atoms with Crippen molar-refractivity contribution >= 4 is 12.0 Å². The van der Waals surface area contributed by atoms with Crippen LogP contribution in [0, 0.1) is 5.82 Å². The van der Waals surface area contributed by atoms with Gasteiger partial charge < -0.3 is 9.47 Å². The van der Waals surface area contributed by atoms with Crippen LogP contribution in [0.2, 0.25) is 0 Å². The van der Waals surface area contributed by atoms with Crippen LogP contribution in [0.4, 0.5) is 10.1 Å². The van der Waals surface area contributed by atoms with Gasteiger partial charge in [-0.2, -0.15) is 0 Å². The predicted octanol–water partition coefficient (Wildman–Crippen LogP) is 5.43. The maximum absolute atomic E-state index is 13.5. The van der Waals surface area contributed by atoms with E-state index in [0.29, 0.717) is 0 Å². The summed E-state index contributed by atoms with van der Waals surface area (Å²) in [6.07, 6.45) is 4.79. The lowest BCUT2D eigenvalue weighted by molar-refractivity contribution is 0.112. The lowest BCUT2D eigenvalue weighted by Crippen LogP contribution is -2.46. The third-order valence-corrected chi connectivity index (χ3v) is 6.89. The van der Waals surface area contributed by atoms with Crippen LogP contribution >= 0.6 is 0 Å². The summed E-state index contributed by atoms with van der Waals surface area (Å²) in [5.74, 6) is -0.231. The van der Waals surface area contributed by atoms with Crippen molar-refractivity contribution in [2.75, 3.05) is 31.1 Å². The van der Waals surface area contributed by atoms with E-state index in [2.05, 4.69) is 38.4 Å². The van der Waals surface area contributed by atoms with E-state index in [1.165, 1.54) is 17.7 Å². The van der Waals surface area contributed by atoms with Gasteiger partial charge in [0.1, 0.15) is 5.82 Å². The maximum Gasteiger partial charge on any atom is 0.152 e. The number of hydrogen-bond acceptors (Lipinski definition) is 4. The Kier molecular flexibility index (Phi) is 6.73. The summed E-state index contributed by atoms with van der Waals surface area (Å²) in [5, 5.41) is 0. The predicted molar refractivity (Wildman–Crippen MR) is 137 cm³/mol. The fourth-order valence-electron chi connectivity index (χ4n) is 4.96. The van der Waals surface area contributed by atoms with Crippen LogP contribution in [-0.4, -0.2) is 46.9 Å². The highest BCUT2D eigenvalue weighted by Crippen LogP contribution is 2.31. The Bertz CT molecular complexity index is 1290. The SMILES string of the molecule is CC(c1ccccc1-c1ccc(F)cc1)n1cncc1CN1CCN(c2ccccc2C=O)CC1. The van der Waals surface area contributed by atoms with Gasteiger partial charge in [-0.1, -0.05) is 48.5 Å². The molecule has 6 heteroatoms. The van der Waals surface area contributed by atoms with Crippen LogP contribution in [-0.2, 0) is 6.54 Å². The van der Waals surface area contributed by atoms with Gasteiger partial charge in [-0.15, -0.1) is 0 Å². The van der Waals surface area contributed by atoms with Gasteiger partial charge in [0.05, 0.1) is 18.1 Å². The van der Waals surface area contributed by atoms with E-state index in [1.54, 1.807) is 0 Å². The van der Waals surface area contributed by atoms with E-state index in [9.17, 15) is 9.18 Å². The first-order valence-electron chi connectivity index (χ1n) is 12.0. The summed E-state index contributed by atoms with van der Waals surface area (Å²) >= 11 is 0. The molecule has 1 atom stereocenters. The zero-order chi connectivity index (χ0) is 24.2. The minimum absolute atomic E-state index is 0.0783. The van der Waals surface area contributed by atoms with Gasteiger partial charge in [0.2, 0.25) is 0 Å². The van der Waals surface area contributed by atoms with Crippen molar-refractivity contribution in [2.45, 2.75) is 19.5 Å². The number of benzene rings is 3. The first-order chi connectivity index (χ1) is 17.1. The fraction of sp³-hybridized carbons (Fsp3) is 0.241. The minimum Gasteiger partial charge on any atom is -0.368 e. The lowest BCUT2D eigenvalue weighted by atomic mass is 9.95. The Morgan fingerprint density at radius 2 is 1.66 bits per heavy atom. The number of carbonyl (C=O) groups excluding carboxylic acids is 1. The number of aromatic nitrogens is 2. The molecule has 0 amide bonds. The van der Waals surface area contributed by atoms with Gasteiger partial charge in [0.25, 0.3) is 0 Å². The van der Waals surface area contributed by atoms with Crippen LogP contribution < -0.4 is 4.90 Å². The molecule has 1 aliphatic rings. The summed E-state index contributed by atoms with van der Waals surface area (Å²) in [7, 11) is 0. The summed E-state index contributed by atoms with van der Waals surface area (Å²) in [6.45, 7) is 6.58. The van der Waals surface area contributed by atoms with Crippen LogP contribution in [0.15, 0.2) is 85.3 Å². The smallest absolute Gasteiger partial charge is 0.152 e. The number of aldehydes is 1. The molecule has 5 rings (SSSR count). The number of carbonyl (C=O) groups is 1. The molecule has 1 unspecified atom stereocenters. The third kappa shape index (κ3) is 4.88. The second kappa shape index (κ2) is 10.2. The first-order valence-corrected chi connectivity index (χ1v) is 12.0. The number of halogens is 1. The molecule has 4 aromatic rings. The van der Waals surface area contributed by atoms with Crippen molar-refractivity contribution in [3.63, 3.8) is 0 Å². The van der Waals surface area contributed by atoms with E-state index in [0.717, 1.165) is 67.1 Å². The highest BCUT2D eigenvalue weighted by molar-refractivity contribution is 5.84. The first kappa shape index (κ1) is 23.0. The Hall–Kier alpha value is -3.77. The number of imidazole rings is 1. The van der Waals surface area contributed by atoms with Crippen molar-refractivity contribution in [3.05, 3.63) is 108 Å². The highest BCUT2D eigenvalue weighted by Gasteiger charge is 2.22. The van der Waals surface area contributed by atoms with E-state index in [4.69, 9.17) is 0 Å². The van der Waals surface area contributed by atoms with Crippen molar-refractivity contribution in [1.29, 1.82) is 0 Å². The van der Waals surface area contributed by atoms with E-state index in [1.807, 2.05) is 61.1 Å². The molecule has 0 spiro atoms. The molecule has 0 N–H and O–H groups in total. The minimum atomic E-state index is -0.231.